The molecule has 0 atom stereocenters. The molecule has 2 aromatic carbocycles. The Hall–Kier alpha value is -3.88. The van der Waals surface area contributed by atoms with Crippen LogP contribution >= 0.6 is 0 Å². The van der Waals surface area contributed by atoms with Crippen molar-refractivity contribution in [2.24, 2.45) is 0 Å². The summed E-state index contributed by atoms with van der Waals surface area (Å²) in [5, 5.41) is 10.8. The second kappa shape index (κ2) is 10.9. The SMILES string of the molecule is CCOc1ccccc1/C=C/C(=O)OCC(=O)N1CCN(c2ccc([N+](=O)[O-])cc2)CC1. The third-order valence-corrected chi connectivity index (χ3v) is 5.01. The molecule has 3 rings (SSSR count). The summed E-state index contributed by atoms with van der Waals surface area (Å²) < 4.78 is 10.6. The summed E-state index contributed by atoms with van der Waals surface area (Å²) in [5.41, 5.74) is 1.66. The molecular weight excluding hydrogens is 414 g/mol. The monoisotopic (exact) mass is 439 g/mol. The summed E-state index contributed by atoms with van der Waals surface area (Å²) in [6.07, 6.45) is 2.87. The maximum Gasteiger partial charge on any atom is 0.331 e. The topological polar surface area (TPSA) is 102 Å². The van der Waals surface area contributed by atoms with Crippen LogP contribution < -0.4 is 9.64 Å². The van der Waals surface area contributed by atoms with Crippen LogP contribution in [0.5, 0.6) is 5.75 Å². The number of benzene rings is 2. The van der Waals surface area contributed by atoms with Crippen LogP contribution in [-0.2, 0) is 14.3 Å². The Labute approximate surface area is 186 Å². The number of anilines is 1. The summed E-state index contributed by atoms with van der Waals surface area (Å²) in [6, 6.07) is 13.7. The van der Waals surface area contributed by atoms with E-state index in [1.54, 1.807) is 23.1 Å². The van der Waals surface area contributed by atoms with Gasteiger partial charge in [-0.3, -0.25) is 14.9 Å². The molecule has 1 amide bonds. The zero-order chi connectivity index (χ0) is 22.9. The lowest BCUT2D eigenvalue weighted by atomic mass is 10.2. The number of nitro benzene ring substituents is 1. The molecule has 32 heavy (non-hydrogen) atoms. The van der Waals surface area contributed by atoms with Crippen molar-refractivity contribution in [2.45, 2.75) is 6.92 Å². The second-order valence-electron chi connectivity index (χ2n) is 7.05. The van der Waals surface area contributed by atoms with Gasteiger partial charge in [-0.15, -0.1) is 0 Å². The molecule has 1 saturated heterocycles. The van der Waals surface area contributed by atoms with E-state index in [2.05, 4.69) is 4.90 Å². The Morgan fingerprint density at radius 1 is 1.06 bits per heavy atom. The van der Waals surface area contributed by atoms with Crippen molar-refractivity contribution < 1.29 is 24.0 Å². The molecule has 1 aliphatic heterocycles. The molecule has 0 unspecified atom stereocenters. The van der Waals surface area contributed by atoms with Crippen LogP contribution in [0.3, 0.4) is 0 Å². The van der Waals surface area contributed by atoms with Crippen molar-refractivity contribution in [2.75, 3.05) is 44.3 Å². The first-order valence-electron chi connectivity index (χ1n) is 10.3. The molecule has 9 heteroatoms. The Balaban J connectivity index is 1.45. The van der Waals surface area contributed by atoms with E-state index >= 15 is 0 Å². The number of ether oxygens (including phenoxy) is 2. The molecule has 1 heterocycles. The Morgan fingerprint density at radius 2 is 1.75 bits per heavy atom. The largest absolute Gasteiger partial charge is 0.493 e. The number of hydrogen-bond donors (Lipinski definition) is 0. The lowest BCUT2D eigenvalue weighted by Crippen LogP contribution is -2.49. The number of para-hydroxylation sites is 1. The molecule has 0 saturated carbocycles. The first-order chi connectivity index (χ1) is 15.5. The van der Waals surface area contributed by atoms with E-state index in [4.69, 9.17) is 9.47 Å². The summed E-state index contributed by atoms with van der Waals surface area (Å²) in [5.74, 6) is -0.194. The van der Waals surface area contributed by atoms with Crippen molar-refractivity contribution >= 4 is 29.3 Å². The minimum absolute atomic E-state index is 0.0415. The van der Waals surface area contributed by atoms with Gasteiger partial charge in [-0.05, 0) is 31.2 Å². The third-order valence-electron chi connectivity index (χ3n) is 5.01. The minimum atomic E-state index is -0.603. The van der Waals surface area contributed by atoms with Gasteiger partial charge in [0.15, 0.2) is 6.61 Å². The van der Waals surface area contributed by atoms with Gasteiger partial charge >= 0.3 is 5.97 Å². The summed E-state index contributed by atoms with van der Waals surface area (Å²) in [7, 11) is 0. The van der Waals surface area contributed by atoms with Crippen molar-refractivity contribution in [1.82, 2.24) is 4.90 Å². The maximum atomic E-state index is 12.4. The number of hydrogen-bond acceptors (Lipinski definition) is 7. The minimum Gasteiger partial charge on any atom is -0.493 e. The van der Waals surface area contributed by atoms with Crippen molar-refractivity contribution in [3.8, 4) is 5.75 Å². The van der Waals surface area contributed by atoms with Crippen LogP contribution in [0, 0.1) is 10.1 Å². The highest BCUT2D eigenvalue weighted by molar-refractivity contribution is 5.89. The fourth-order valence-corrected chi connectivity index (χ4v) is 3.33. The van der Waals surface area contributed by atoms with Gasteiger partial charge in [0.25, 0.3) is 11.6 Å². The Morgan fingerprint density at radius 3 is 2.41 bits per heavy atom. The van der Waals surface area contributed by atoms with Crippen molar-refractivity contribution in [3.63, 3.8) is 0 Å². The molecule has 9 nitrogen and oxygen atoms in total. The molecule has 0 aliphatic carbocycles. The number of nitro groups is 1. The highest BCUT2D eigenvalue weighted by Gasteiger charge is 2.22. The van der Waals surface area contributed by atoms with Crippen LogP contribution in [0.2, 0.25) is 0 Å². The van der Waals surface area contributed by atoms with Gasteiger partial charge in [-0.1, -0.05) is 18.2 Å². The quantitative estimate of drug-likeness (QED) is 0.270. The Bertz CT molecular complexity index is 981. The van der Waals surface area contributed by atoms with E-state index in [-0.39, 0.29) is 18.2 Å². The number of rotatable bonds is 8. The van der Waals surface area contributed by atoms with Gasteiger partial charge in [0.05, 0.1) is 11.5 Å². The number of carbonyl (C=O) groups is 2. The van der Waals surface area contributed by atoms with E-state index < -0.39 is 10.9 Å². The van der Waals surface area contributed by atoms with Gasteiger partial charge in [-0.25, -0.2) is 4.79 Å². The summed E-state index contributed by atoms with van der Waals surface area (Å²) in [4.78, 5) is 38.4. The van der Waals surface area contributed by atoms with Gasteiger partial charge in [-0.2, -0.15) is 0 Å². The van der Waals surface area contributed by atoms with E-state index in [1.165, 1.54) is 18.2 Å². The number of non-ortho nitro benzene ring substituents is 1. The van der Waals surface area contributed by atoms with E-state index in [9.17, 15) is 19.7 Å². The molecule has 0 spiro atoms. The van der Waals surface area contributed by atoms with Gasteiger partial charge in [0, 0.05) is 55.6 Å². The predicted molar refractivity (Wildman–Crippen MR) is 119 cm³/mol. The zero-order valence-electron chi connectivity index (χ0n) is 17.8. The Kier molecular flexibility index (Phi) is 7.80. The number of nitrogens with zero attached hydrogens (tertiary/aromatic N) is 3. The van der Waals surface area contributed by atoms with Gasteiger partial charge in [0.2, 0.25) is 0 Å². The average molecular weight is 439 g/mol. The highest BCUT2D eigenvalue weighted by atomic mass is 16.6. The fourth-order valence-electron chi connectivity index (χ4n) is 3.33. The van der Waals surface area contributed by atoms with Crippen LogP contribution in [0.4, 0.5) is 11.4 Å². The maximum absolute atomic E-state index is 12.4. The van der Waals surface area contributed by atoms with Crippen LogP contribution in [0.25, 0.3) is 6.08 Å². The number of carbonyl (C=O) groups excluding carboxylic acids is 2. The third kappa shape index (κ3) is 6.07. The van der Waals surface area contributed by atoms with Gasteiger partial charge < -0.3 is 19.3 Å². The molecule has 0 N–H and O–H groups in total. The van der Waals surface area contributed by atoms with E-state index in [0.717, 1.165) is 11.3 Å². The summed E-state index contributed by atoms with van der Waals surface area (Å²) in [6.45, 7) is 4.20. The lowest BCUT2D eigenvalue weighted by molar-refractivity contribution is -0.384. The zero-order valence-corrected chi connectivity index (χ0v) is 17.8. The van der Waals surface area contributed by atoms with Crippen molar-refractivity contribution in [1.29, 1.82) is 0 Å². The first-order valence-corrected chi connectivity index (χ1v) is 10.3. The van der Waals surface area contributed by atoms with E-state index in [1.807, 2.05) is 31.2 Å². The molecule has 2 aromatic rings. The smallest absolute Gasteiger partial charge is 0.331 e. The van der Waals surface area contributed by atoms with Gasteiger partial charge in [0.1, 0.15) is 5.75 Å². The first kappa shape index (κ1) is 22.8. The predicted octanol–water partition coefficient (Wildman–Crippen LogP) is 2.90. The molecular formula is C23H25N3O6. The normalized spacial score (nSPS) is 13.8. The standard InChI is InChI=1S/C23H25N3O6/c1-2-31-21-6-4-3-5-18(21)7-12-23(28)32-17-22(27)25-15-13-24(14-16-25)19-8-10-20(11-9-19)26(29)30/h3-12H,2,13-17H2,1H3/b12-7+. The average Bonchev–Trinajstić information content (AvgIpc) is 2.82. The molecule has 168 valence electrons. The van der Waals surface area contributed by atoms with Crippen LogP contribution in [-0.4, -0.2) is 61.1 Å². The molecule has 0 aromatic heterocycles. The fraction of sp³-hybridized carbons (Fsp3) is 0.304. The molecule has 1 aliphatic rings. The highest BCUT2D eigenvalue weighted by Crippen LogP contribution is 2.21. The van der Waals surface area contributed by atoms with Crippen molar-refractivity contribution in [3.05, 3.63) is 70.3 Å². The van der Waals surface area contributed by atoms with Crippen LogP contribution in [0.15, 0.2) is 54.6 Å². The molecule has 0 bridgehead atoms. The molecule has 0 radical (unpaired) electrons. The lowest BCUT2D eigenvalue weighted by Gasteiger charge is -2.36. The van der Waals surface area contributed by atoms with Crippen LogP contribution in [0.1, 0.15) is 12.5 Å². The van der Waals surface area contributed by atoms with E-state index in [0.29, 0.717) is 38.5 Å². The second-order valence-corrected chi connectivity index (χ2v) is 7.05. The number of amides is 1. The number of piperazine rings is 1. The molecule has 1 fully saturated rings. The number of esters is 1. The summed E-state index contributed by atoms with van der Waals surface area (Å²) >= 11 is 0.